The molecular formula is C21H21N3O5S. The summed E-state index contributed by atoms with van der Waals surface area (Å²) in [6.45, 7) is 1.53. The second kappa shape index (κ2) is 9.27. The van der Waals surface area contributed by atoms with Crippen molar-refractivity contribution in [3.05, 3.63) is 69.0 Å². The first-order valence-electron chi connectivity index (χ1n) is 9.73. The third-order valence-corrected chi connectivity index (χ3v) is 5.79. The van der Waals surface area contributed by atoms with Crippen LogP contribution in [0.25, 0.3) is 10.9 Å². The van der Waals surface area contributed by atoms with Gasteiger partial charge in [-0.2, -0.15) is 0 Å². The van der Waals surface area contributed by atoms with Gasteiger partial charge in [0.25, 0.3) is 11.2 Å². The van der Waals surface area contributed by atoms with E-state index in [1.165, 1.54) is 23.9 Å². The predicted octanol–water partition coefficient (Wildman–Crippen LogP) is 3.65. The van der Waals surface area contributed by atoms with E-state index >= 15 is 0 Å². The number of aromatic nitrogens is 2. The third kappa shape index (κ3) is 4.63. The molecule has 0 spiro atoms. The lowest BCUT2D eigenvalue weighted by Gasteiger charge is -2.16. The quantitative estimate of drug-likeness (QED) is 0.178. The van der Waals surface area contributed by atoms with Crippen molar-refractivity contribution in [2.45, 2.75) is 30.6 Å². The van der Waals surface area contributed by atoms with Crippen molar-refractivity contribution in [2.24, 2.45) is 0 Å². The molecule has 0 amide bonds. The molecule has 1 aliphatic heterocycles. The van der Waals surface area contributed by atoms with Gasteiger partial charge in [-0.05, 0) is 31.0 Å². The molecule has 0 saturated carbocycles. The number of fused-ring (bicyclic) bond motifs is 1. The van der Waals surface area contributed by atoms with Crippen molar-refractivity contribution in [3.63, 3.8) is 0 Å². The zero-order chi connectivity index (χ0) is 20.9. The Kier molecular flexibility index (Phi) is 6.29. The molecule has 156 valence electrons. The summed E-state index contributed by atoms with van der Waals surface area (Å²) in [5, 5.41) is 12.1. The number of nitro benzene ring substituents is 1. The average Bonchev–Trinajstić information content (AvgIpc) is 3.27. The maximum atomic E-state index is 13.1. The Balaban J connectivity index is 1.49. The number of nitrogens with zero attached hydrogens (tertiary/aromatic N) is 3. The molecule has 1 saturated heterocycles. The van der Waals surface area contributed by atoms with Gasteiger partial charge in [0.05, 0.1) is 41.1 Å². The molecule has 0 radical (unpaired) electrons. The summed E-state index contributed by atoms with van der Waals surface area (Å²) in [6, 6.07) is 13.4. The van der Waals surface area contributed by atoms with Gasteiger partial charge in [-0.3, -0.25) is 19.5 Å². The van der Waals surface area contributed by atoms with Crippen LogP contribution in [-0.2, 0) is 11.3 Å². The van der Waals surface area contributed by atoms with Crippen LogP contribution < -0.4 is 10.3 Å². The number of benzene rings is 2. The number of hydrogen-bond donors (Lipinski definition) is 0. The summed E-state index contributed by atoms with van der Waals surface area (Å²) in [7, 11) is 0. The maximum absolute atomic E-state index is 13.1. The van der Waals surface area contributed by atoms with Crippen LogP contribution >= 0.6 is 11.8 Å². The molecule has 2 heterocycles. The number of ether oxygens (including phenoxy) is 2. The smallest absolute Gasteiger partial charge is 0.273 e. The van der Waals surface area contributed by atoms with E-state index < -0.39 is 4.92 Å². The van der Waals surface area contributed by atoms with Gasteiger partial charge in [-0.15, -0.1) is 0 Å². The lowest BCUT2D eigenvalue weighted by atomic mass is 10.2. The predicted molar refractivity (Wildman–Crippen MR) is 114 cm³/mol. The van der Waals surface area contributed by atoms with E-state index in [1.807, 2.05) is 18.2 Å². The van der Waals surface area contributed by atoms with E-state index in [9.17, 15) is 14.9 Å². The van der Waals surface area contributed by atoms with E-state index in [4.69, 9.17) is 9.47 Å². The first kappa shape index (κ1) is 20.4. The molecule has 8 nitrogen and oxygen atoms in total. The molecule has 0 N–H and O–H groups in total. The fraction of sp³-hybridized carbons (Fsp3) is 0.333. The minimum atomic E-state index is -0.454. The summed E-state index contributed by atoms with van der Waals surface area (Å²) in [5.41, 5.74) is 0.577. The Labute approximate surface area is 177 Å². The van der Waals surface area contributed by atoms with Crippen molar-refractivity contribution in [1.82, 2.24) is 9.55 Å². The number of para-hydroxylation sites is 1. The van der Waals surface area contributed by atoms with Crippen LogP contribution in [0.5, 0.6) is 5.75 Å². The monoisotopic (exact) mass is 427 g/mol. The topological polar surface area (TPSA) is 96.5 Å². The zero-order valence-corrected chi connectivity index (χ0v) is 17.0. The highest BCUT2D eigenvalue weighted by Gasteiger charge is 2.20. The van der Waals surface area contributed by atoms with Gasteiger partial charge >= 0.3 is 0 Å². The standard InChI is InChI=1S/C21H21N3O5S/c25-20-18-8-1-2-9-19(18)22-21(23(20)14-17-7-4-10-28-17)30-12-11-29-16-6-3-5-15(13-16)24(26)27/h1-3,5-6,8-9,13,17H,4,7,10-12,14H2/t17-/m1/s1. The summed E-state index contributed by atoms with van der Waals surface area (Å²) in [5.74, 6) is 0.979. The number of rotatable bonds is 8. The first-order valence-corrected chi connectivity index (χ1v) is 10.7. The lowest BCUT2D eigenvalue weighted by Crippen LogP contribution is -2.29. The molecule has 1 aromatic heterocycles. The number of nitro groups is 1. The first-order chi connectivity index (χ1) is 14.6. The van der Waals surface area contributed by atoms with E-state index in [-0.39, 0.29) is 17.4 Å². The van der Waals surface area contributed by atoms with Crippen LogP contribution in [0.4, 0.5) is 5.69 Å². The fourth-order valence-corrected chi connectivity index (χ4v) is 4.22. The van der Waals surface area contributed by atoms with Crippen LogP contribution in [0, 0.1) is 10.1 Å². The van der Waals surface area contributed by atoms with E-state index in [0.29, 0.717) is 40.7 Å². The fourth-order valence-electron chi connectivity index (χ4n) is 3.39. The average molecular weight is 427 g/mol. The van der Waals surface area contributed by atoms with Gasteiger partial charge in [0.2, 0.25) is 0 Å². The summed E-state index contributed by atoms with van der Waals surface area (Å²) in [4.78, 5) is 28.2. The summed E-state index contributed by atoms with van der Waals surface area (Å²) in [6.07, 6.45) is 1.95. The van der Waals surface area contributed by atoms with Crippen LogP contribution in [-0.4, -0.2) is 39.5 Å². The minimum Gasteiger partial charge on any atom is -0.492 e. The molecule has 2 aromatic carbocycles. The molecule has 4 rings (SSSR count). The van der Waals surface area contributed by atoms with Crippen LogP contribution in [0.1, 0.15) is 12.8 Å². The highest BCUT2D eigenvalue weighted by molar-refractivity contribution is 7.99. The molecule has 0 unspecified atom stereocenters. The summed E-state index contributed by atoms with van der Waals surface area (Å²) < 4.78 is 13.1. The van der Waals surface area contributed by atoms with E-state index in [0.717, 1.165) is 19.4 Å². The van der Waals surface area contributed by atoms with Crippen molar-refractivity contribution >= 4 is 28.4 Å². The minimum absolute atomic E-state index is 0.0123. The third-order valence-electron chi connectivity index (χ3n) is 4.85. The van der Waals surface area contributed by atoms with Crippen LogP contribution in [0.3, 0.4) is 0 Å². The van der Waals surface area contributed by atoms with Crippen molar-refractivity contribution < 1.29 is 14.4 Å². The van der Waals surface area contributed by atoms with Gasteiger partial charge in [-0.1, -0.05) is 30.0 Å². The van der Waals surface area contributed by atoms with Gasteiger partial charge in [0.15, 0.2) is 5.16 Å². The Hall–Kier alpha value is -2.91. The van der Waals surface area contributed by atoms with Crippen LogP contribution in [0.15, 0.2) is 58.5 Å². The highest BCUT2D eigenvalue weighted by Crippen LogP contribution is 2.22. The van der Waals surface area contributed by atoms with Gasteiger partial charge in [0.1, 0.15) is 5.75 Å². The lowest BCUT2D eigenvalue weighted by molar-refractivity contribution is -0.384. The normalized spacial score (nSPS) is 16.1. The molecular weight excluding hydrogens is 406 g/mol. The SMILES string of the molecule is O=c1c2ccccc2nc(SCCOc2cccc([N+](=O)[O-])c2)n1C[C@H]1CCCO1. The molecule has 1 aliphatic rings. The van der Waals surface area contributed by atoms with Crippen molar-refractivity contribution in [1.29, 1.82) is 0 Å². The Morgan fingerprint density at radius 1 is 1.27 bits per heavy atom. The van der Waals surface area contributed by atoms with Gasteiger partial charge < -0.3 is 9.47 Å². The highest BCUT2D eigenvalue weighted by atomic mass is 32.2. The summed E-state index contributed by atoms with van der Waals surface area (Å²) >= 11 is 1.43. The number of hydrogen-bond acceptors (Lipinski definition) is 7. The Morgan fingerprint density at radius 3 is 2.93 bits per heavy atom. The molecule has 9 heteroatoms. The second-order valence-corrected chi connectivity index (χ2v) is 7.98. The van der Waals surface area contributed by atoms with Crippen molar-refractivity contribution in [2.75, 3.05) is 19.0 Å². The van der Waals surface area contributed by atoms with Gasteiger partial charge in [-0.25, -0.2) is 4.98 Å². The molecule has 0 bridgehead atoms. The number of thioether (sulfide) groups is 1. The Morgan fingerprint density at radius 2 is 2.13 bits per heavy atom. The molecule has 1 atom stereocenters. The molecule has 0 aliphatic carbocycles. The van der Waals surface area contributed by atoms with Gasteiger partial charge in [0, 0.05) is 18.4 Å². The maximum Gasteiger partial charge on any atom is 0.273 e. The van der Waals surface area contributed by atoms with Crippen LogP contribution in [0.2, 0.25) is 0 Å². The Bertz CT molecular complexity index is 1110. The second-order valence-electron chi connectivity index (χ2n) is 6.91. The zero-order valence-electron chi connectivity index (χ0n) is 16.2. The number of non-ortho nitro benzene ring substituents is 1. The molecule has 1 fully saturated rings. The molecule has 30 heavy (non-hydrogen) atoms. The largest absolute Gasteiger partial charge is 0.492 e. The van der Waals surface area contributed by atoms with Crippen molar-refractivity contribution in [3.8, 4) is 5.75 Å². The van der Waals surface area contributed by atoms with E-state index in [1.54, 1.807) is 22.8 Å². The molecule has 3 aromatic rings. The van der Waals surface area contributed by atoms with E-state index in [2.05, 4.69) is 4.98 Å².